The highest BCUT2D eigenvalue weighted by Crippen LogP contribution is 2.20. The van der Waals surface area contributed by atoms with Crippen molar-refractivity contribution in [1.29, 1.82) is 0 Å². The smallest absolute Gasteiger partial charge is 0.301 e. The standard InChI is InChI=1S/C13H21ClFN3O2S/c1-3-7-16-8-4-9-18(2)21(19,20)17-13-6-5-11(14)10-12(13)15/h5-6,10,16-17H,3-4,7-9H2,1-2H3. The van der Waals surface area contributed by atoms with Crippen LogP contribution in [-0.4, -0.2) is 39.4 Å². The van der Waals surface area contributed by atoms with Crippen LogP contribution in [-0.2, 0) is 10.2 Å². The fraction of sp³-hybridized carbons (Fsp3) is 0.538. The lowest BCUT2D eigenvalue weighted by Gasteiger charge is -2.18. The van der Waals surface area contributed by atoms with Crippen molar-refractivity contribution in [2.75, 3.05) is 31.4 Å². The highest BCUT2D eigenvalue weighted by atomic mass is 35.5. The Hall–Kier alpha value is -0.890. The van der Waals surface area contributed by atoms with Gasteiger partial charge in [0, 0.05) is 18.6 Å². The van der Waals surface area contributed by atoms with Gasteiger partial charge < -0.3 is 5.32 Å². The van der Waals surface area contributed by atoms with Crippen LogP contribution < -0.4 is 10.0 Å². The molecule has 0 bridgehead atoms. The normalized spacial score (nSPS) is 11.9. The Morgan fingerprint density at radius 3 is 2.67 bits per heavy atom. The fourth-order valence-electron chi connectivity index (χ4n) is 1.64. The first kappa shape index (κ1) is 18.2. The molecule has 0 radical (unpaired) electrons. The summed E-state index contributed by atoms with van der Waals surface area (Å²) in [5.74, 6) is -0.705. The average Bonchev–Trinajstić information content (AvgIpc) is 2.41. The first-order valence-corrected chi connectivity index (χ1v) is 8.58. The summed E-state index contributed by atoms with van der Waals surface area (Å²) >= 11 is 5.63. The van der Waals surface area contributed by atoms with Crippen LogP contribution in [0.3, 0.4) is 0 Å². The molecule has 21 heavy (non-hydrogen) atoms. The second kappa shape index (κ2) is 8.53. The molecule has 8 heteroatoms. The van der Waals surface area contributed by atoms with E-state index in [2.05, 4.69) is 17.0 Å². The van der Waals surface area contributed by atoms with Crippen molar-refractivity contribution in [3.8, 4) is 0 Å². The van der Waals surface area contributed by atoms with Gasteiger partial charge in [0.2, 0.25) is 0 Å². The number of nitrogens with one attached hydrogen (secondary N) is 2. The Bertz CT molecular complexity index is 554. The van der Waals surface area contributed by atoms with Crippen LogP contribution >= 0.6 is 11.6 Å². The molecule has 1 aromatic carbocycles. The summed E-state index contributed by atoms with van der Waals surface area (Å²) in [6.45, 7) is 4.06. The molecule has 0 unspecified atom stereocenters. The molecule has 1 rings (SSSR count). The van der Waals surface area contributed by atoms with Crippen LogP contribution in [0.2, 0.25) is 5.02 Å². The summed E-state index contributed by atoms with van der Waals surface area (Å²) < 4.78 is 41.1. The van der Waals surface area contributed by atoms with Crippen LogP contribution in [0.25, 0.3) is 0 Å². The van der Waals surface area contributed by atoms with Crippen molar-refractivity contribution in [2.24, 2.45) is 0 Å². The molecule has 0 aliphatic rings. The number of hydrogen-bond donors (Lipinski definition) is 2. The maximum absolute atomic E-state index is 13.6. The molecule has 0 heterocycles. The van der Waals surface area contributed by atoms with Gasteiger partial charge in [-0.25, -0.2) is 4.39 Å². The van der Waals surface area contributed by atoms with Crippen LogP contribution in [0.5, 0.6) is 0 Å². The zero-order chi connectivity index (χ0) is 15.9. The number of halogens is 2. The van der Waals surface area contributed by atoms with Gasteiger partial charge in [0.15, 0.2) is 0 Å². The zero-order valence-electron chi connectivity index (χ0n) is 12.2. The third-order valence-corrected chi connectivity index (χ3v) is 4.55. The zero-order valence-corrected chi connectivity index (χ0v) is 13.8. The number of anilines is 1. The largest absolute Gasteiger partial charge is 0.317 e. The van der Waals surface area contributed by atoms with Crippen molar-refractivity contribution in [3.63, 3.8) is 0 Å². The molecule has 0 aliphatic heterocycles. The van der Waals surface area contributed by atoms with Gasteiger partial charge in [-0.2, -0.15) is 12.7 Å². The highest BCUT2D eigenvalue weighted by molar-refractivity contribution is 7.90. The summed E-state index contributed by atoms with van der Waals surface area (Å²) in [5.41, 5.74) is -0.115. The van der Waals surface area contributed by atoms with Gasteiger partial charge in [0.1, 0.15) is 5.82 Å². The fourth-order valence-corrected chi connectivity index (χ4v) is 2.77. The van der Waals surface area contributed by atoms with Gasteiger partial charge in [0.05, 0.1) is 5.69 Å². The van der Waals surface area contributed by atoms with Gasteiger partial charge in [-0.15, -0.1) is 0 Å². The minimum Gasteiger partial charge on any atom is -0.317 e. The maximum atomic E-state index is 13.6. The van der Waals surface area contributed by atoms with Crippen molar-refractivity contribution >= 4 is 27.5 Å². The second-order valence-corrected chi connectivity index (χ2v) is 6.87. The third kappa shape index (κ3) is 6.17. The predicted molar refractivity (Wildman–Crippen MR) is 84.4 cm³/mol. The third-order valence-electron chi connectivity index (χ3n) is 2.83. The molecule has 0 fully saturated rings. The van der Waals surface area contributed by atoms with E-state index in [4.69, 9.17) is 11.6 Å². The number of benzene rings is 1. The molecule has 0 spiro atoms. The summed E-state index contributed by atoms with van der Waals surface area (Å²) in [5, 5.41) is 3.40. The van der Waals surface area contributed by atoms with E-state index in [-0.39, 0.29) is 10.7 Å². The van der Waals surface area contributed by atoms with Gasteiger partial charge >= 0.3 is 10.2 Å². The second-order valence-electron chi connectivity index (χ2n) is 4.66. The molecule has 0 saturated heterocycles. The van der Waals surface area contributed by atoms with Crippen molar-refractivity contribution in [1.82, 2.24) is 9.62 Å². The SMILES string of the molecule is CCCNCCCN(C)S(=O)(=O)Nc1ccc(Cl)cc1F. The molecule has 5 nitrogen and oxygen atoms in total. The molecule has 0 saturated carbocycles. The first-order valence-electron chi connectivity index (χ1n) is 6.76. The highest BCUT2D eigenvalue weighted by Gasteiger charge is 2.18. The van der Waals surface area contributed by atoms with Crippen LogP contribution in [0.15, 0.2) is 18.2 Å². The quantitative estimate of drug-likeness (QED) is 0.680. The molecule has 120 valence electrons. The van der Waals surface area contributed by atoms with Gasteiger partial charge in [-0.1, -0.05) is 18.5 Å². The van der Waals surface area contributed by atoms with Crippen LogP contribution in [0, 0.1) is 5.82 Å². The van der Waals surface area contributed by atoms with E-state index < -0.39 is 16.0 Å². The first-order chi connectivity index (χ1) is 9.86. The lowest BCUT2D eigenvalue weighted by molar-refractivity contribution is 0.458. The number of nitrogens with zero attached hydrogens (tertiary/aromatic N) is 1. The van der Waals surface area contributed by atoms with E-state index >= 15 is 0 Å². The maximum Gasteiger partial charge on any atom is 0.301 e. The summed E-state index contributed by atoms with van der Waals surface area (Å²) in [6.07, 6.45) is 1.71. The number of rotatable bonds is 9. The van der Waals surface area contributed by atoms with Crippen molar-refractivity contribution in [2.45, 2.75) is 19.8 Å². The van der Waals surface area contributed by atoms with E-state index in [0.29, 0.717) is 13.0 Å². The molecular weight excluding hydrogens is 317 g/mol. The molecule has 0 aliphatic carbocycles. The van der Waals surface area contributed by atoms with Crippen molar-refractivity contribution in [3.05, 3.63) is 29.0 Å². The van der Waals surface area contributed by atoms with Gasteiger partial charge in [0.25, 0.3) is 0 Å². The van der Waals surface area contributed by atoms with Crippen LogP contribution in [0.4, 0.5) is 10.1 Å². The lowest BCUT2D eigenvalue weighted by atomic mass is 10.3. The minimum absolute atomic E-state index is 0.115. The van der Waals surface area contributed by atoms with E-state index in [0.717, 1.165) is 29.9 Å². The van der Waals surface area contributed by atoms with E-state index in [1.54, 1.807) is 0 Å². The summed E-state index contributed by atoms with van der Waals surface area (Å²) in [4.78, 5) is 0. The lowest BCUT2D eigenvalue weighted by Crippen LogP contribution is -2.34. The molecule has 0 atom stereocenters. The topological polar surface area (TPSA) is 61.4 Å². The van der Waals surface area contributed by atoms with E-state index in [9.17, 15) is 12.8 Å². The van der Waals surface area contributed by atoms with Crippen molar-refractivity contribution < 1.29 is 12.8 Å². The van der Waals surface area contributed by atoms with Crippen LogP contribution in [0.1, 0.15) is 19.8 Å². The van der Waals surface area contributed by atoms with E-state index in [1.165, 1.54) is 19.2 Å². The van der Waals surface area contributed by atoms with Gasteiger partial charge in [-0.05, 0) is 44.1 Å². The Morgan fingerprint density at radius 2 is 2.05 bits per heavy atom. The molecular formula is C13H21ClFN3O2S. The Balaban J connectivity index is 2.55. The predicted octanol–water partition coefficient (Wildman–Crippen LogP) is 2.46. The Morgan fingerprint density at radius 1 is 1.33 bits per heavy atom. The molecule has 0 aromatic heterocycles. The molecule has 1 aromatic rings. The minimum atomic E-state index is -3.77. The summed E-state index contributed by atoms with van der Waals surface area (Å²) in [6, 6.07) is 3.79. The van der Waals surface area contributed by atoms with Gasteiger partial charge in [-0.3, -0.25) is 4.72 Å². The Labute approximate surface area is 130 Å². The average molecular weight is 338 g/mol. The monoisotopic (exact) mass is 337 g/mol. The Kier molecular flexibility index (Phi) is 7.37. The summed E-state index contributed by atoms with van der Waals surface area (Å²) in [7, 11) is -2.31. The number of hydrogen-bond acceptors (Lipinski definition) is 3. The van der Waals surface area contributed by atoms with E-state index in [1.807, 2.05) is 0 Å². The molecule has 2 N–H and O–H groups in total. The molecule has 0 amide bonds.